The monoisotopic (exact) mass is 287 g/mol. The molecule has 90 valence electrons. The normalized spacial score (nSPS) is 12.8. The second kappa shape index (κ2) is 6.03. The third kappa shape index (κ3) is 3.63. The quantitative estimate of drug-likeness (QED) is 0.842. The van der Waals surface area contributed by atoms with Crippen molar-refractivity contribution in [2.75, 3.05) is 5.33 Å². The number of alkyl halides is 1. The zero-order chi connectivity index (χ0) is 12.1. The van der Waals surface area contributed by atoms with Crippen molar-refractivity contribution in [3.8, 4) is 0 Å². The van der Waals surface area contributed by atoms with Crippen LogP contribution < -0.4 is 5.32 Å². The van der Waals surface area contributed by atoms with Gasteiger partial charge in [-0.15, -0.1) is 0 Å². The number of rotatable bonds is 5. The lowest BCUT2D eigenvalue weighted by atomic mass is 10.0. The number of nitrogens with zero attached hydrogens (tertiary/aromatic N) is 2. The summed E-state index contributed by atoms with van der Waals surface area (Å²) in [5.74, 6) is 0.380. The molecule has 0 aliphatic carbocycles. The molecule has 0 saturated carbocycles. The van der Waals surface area contributed by atoms with Gasteiger partial charge in [-0.1, -0.05) is 29.8 Å². The minimum atomic E-state index is -0.0484. The molecule has 1 aromatic rings. The Morgan fingerprint density at radius 1 is 1.62 bits per heavy atom. The number of aryl methyl sites for hydroxylation is 1. The van der Waals surface area contributed by atoms with Crippen molar-refractivity contribution in [1.82, 2.24) is 15.1 Å². The molecule has 1 N–H and O–H groups in total. The van der Waals surface area contributed by atoms with E-state index in [1.807, 2.05) is 0 Å². The lowest BCUT2D eigenvalue weighted by Gasteiger charge is -2.21. The second-order valence-corrected chi connectivity index (χ2v) is 5.00. The lowest BCUT2D eigenvalue weighted by molar-refractivity contribution is 0.0925. The highest BCUT2D eigenvalue weighted by Gasteiger charge is 2.17. The zero-order valence-corrected chi connectivity index (χ0v) is 11.5. The molecule has 5 heteroatoms. The third-order valence-corrected chi connectivity index (χ3v) is 2.97. The van der Waals surface area contributed by atoms with Gasteiger partial charge in [-0.3, -0.25) is 9.48 Å². The number of halogens is 1. The molecule has 0 spiro atoms. The number of hydrogen-bond acceptors (Lipinski definition) is 2. The summed E-state index contributed by atoms with van der Waals surface area (Å²) >= 11 is 3.40. The first-order chi connectivity index (χ1) is 7.54. The Labute approximate surface area is 105 Å². The predicted octanol–water partition coefficient (Wildman–Crippen LogP) is 1.96. The van der Waals surface area contributed by atoms with E-state index in [1.165, 1.54) is 0 Å². The number of carbonyl (C=O) groups is 1. The van der Waals surface area contributed by atoms with E-state index in [1.54, 1.807) is 24.1 Å². The van der Waals surface area contributed by atoms with Crippen molar-refractivity contribution >= 4 is 21.8 Å². The predicted molar refractivity (Wildman–Crippen MR) is 67.7 cm³/mol. The fraction of sp³-hybridized carbons (Fsp3) is 0.636. The van der Waals surface area contributed by atoms with Crippen molar-refractivity contribution in [2.24, 2.45) is 13.0 Å². The molecule has 0 fully saturated rings. The first-order valence-electron chi connectivity index (χ1n) is 5.40. The average Bonchev–Trinajstić information content (AvgIpc) is 2.64. The highest BCUT2D eigenvalue weighted by molar-refractivity contribution is 9.09. The summed E-state index contributed by atoms with van der Waals surface area (Å²) in [7, 11) is 1.80. The molecule has 1 amide bonds. The van der Waals surface area contributed by atoms with Crippen molar-refractivity contribution in [3.05, 3.63) is 18.0 Å². The molecule has 0 aromatic carbocycles. The van der Waals surface area contributed by atoms with Crippen LogP contribution in [0, 0.1) is 5.92 Å². The van der Waals surface area contributed by atoms with Crippen LogP contribution in [0.15, 0.2) is 12.4 Å². The van der Waals surface area contributed by atoms with Gasteiger partial charge in [0.2, 0.25) is 0 Å². The molecule has 16 heavy (non-hydrogen) atoms. The van der Waals surface area contributed by atoms with Gasteiger partial charge in [0.15, 0.2) is 0 Å². The van der Waals surface area contributed by atoms with E-state index in [0.29, 0.717) is 11.5 Å². The van der Waals surface area contributed by atoms with E-state index in [0.717, 1.165) is 11.8 Å². The summed E-state index contributed by atoms with van der Waals surface area (Å²) in [6, 6.07) is 0.201. The van der Waals surface area contributed by atoms with Gasteiger partial charge in [0.25, 0.3) is 5.91 Å². The summed E-state index contributed by atoms with van der Waals surface area (Å²) < 4.78 is 1.63. The Kier molecular flexibility index (Phi) is 4.99. The first-order valence-corrected chi connectivity index (χ1v) is 6.52. The van der Waals surface area contributed by atoms with Crippen LogP contribution in [0.2, 0.25) is 0 Å². The number of nitrogens with one attached hydrogen (secondary N) is 1. The number of aromatic nitrogens is 2. The molecule has 0 aliphatic rings. The maximum Gasteiger partial charge on any atom is 0.254 e. The van der Waals surface area contributed by atoms with Crippen LogP contribution in [0.25, 0.3) is 0 Å². The van der Waals surface area contributed by atoms with E-state index < -0.39 is 0 Å². The fourth-order valence-electron chi connectivity index (χ4n) is 1.48. The standard InChI is InChI=1S/C11H18BrN3O/c1-8(2)10(4-5-12)14-11(16)9-6-13-15(3)7-9/h6-8,10H,4-5H2,1-3H3,(H,14,16). The smallest absolute Gasteiger partial charge is 0.254 e. The number of hydrogen-bond donors (Lipinski definition) is 1. The second-order valence-electron chi connectivity index (χ2n) is 4.20. The molecule has 1 unspecified atom stereocenters. The Balaban J connectivity index is 2.61. The summed E-state index contributed by atoms with van der Waals surface area (Å²) in [6.45, 7) is 4.22. The largest absolute Gasteiger partial charge is 0.349 e. The molecule has 1 heterocycles. The highest BCUT2D eigenvalue weighted by atomic mass is 79.9. The molecule has 1 rings (SSSR count). The molecule has 0 bridgehead atoms. The van der Waals surface area contributed by atoms with E-state index in [2.05, 4.69) is 40.2 Å². The van der Waals surface area contributed by atoms with Gasteiger partial charge in [0.05, 0.1) is 11.8 Å². The van der Waals surface area contributed by atoms with Gasteiger partial charge < -0.3 is 5.32 Å². The molecule has 1 atom stereocenters. The Bertz CT molecular complexity index is 349. The van der Waals surface area contributed by atoms with Crippen molar-refractivity contribution in [2.45, 2.75) is 26.3 Å². The van der Waals surface area contributed by atoms with Crippen molar-refractivity contribution in [3.63, 3.8) is 0 Å². The number of amides is 1. The summed E-state index contributed by atoms with van der Waals surface area (Å²) in [5.41, 5.74) is 0.614. The lowest BCUT2D eigenvalue weighted by Crippen LogP contribution is -2.38. The summed E-state index contributed by atoms with van der Waals surface area (Å²) in [6.07, 6.45) is 4.24. The van der Waals surface area contributed by atoms with E-state index in [-0.39, 0.29) is 11.9 Å². The SMILES string of the molecule is CC(C)C(CCBr)NC(=O)c1cnn(C)c1. The Hall–Kier alpha value is -0.840. The Morgan fingerprint density at radius 2 is 2.31 bits per heavy atom. The zero-order valence-electron chi connectivity index (χ0n) is 9.90. The summed E-state index contributed by atoms with van der Waals surface area (Å²) in [5, 5.41) is 7.90. The van der Waals surface area contributed by atoms with Crippen LogP contribution in [0.4, 0.5) is 0 Å². The molecular formula is C11H18BrN3O. The number of carbonyl (C=O) groups excluding carboxylic acids is 1. The van der Waals surface area contributed by atoms with Crippen molar-refractivity contribution < 1.29 is 4.79 Å². The van der Waals surface area contributed by atoms with Crippen LogP contribution in [0.3, 0.4) is 0 Å². The minimum absolute atomic E-state index is 0.0484. The van der Waals surface area contributed by atoms with Gasteiger partial charge in [0.1, 0.15) is 0 Å². The van der Waals surface area contributed by atoms with Crippen LogP contribution in [-0.2, 0) is 7.05 Å². The molecule has 0 saturated heterocycles. The summed E-state index contributed by atoms with van der Waals surface area (Å²) in [4.78, 5) is 11.9. The van der Waals surface area contributed by atoms with E-state index >= 15 is 0 Å². The highest BCUT2D eigenvalue weighted by Crippen LogP contribution is 2.09. The third-order valence-electron chi connectivity index (χ3n) is 2.51. The van der Waals surface area contributed by atoms with E-state index in [9.17, 15) is 4.79 Å². The maximum atomic E-state index is 11.9. The van der Waals surface area contributed by atoms with Crippen LogP contribution in [0.1, 0.15) is 30.6 Å². The molecule has 1 aromatic heterocycles. The van der Waals surface area contributed by atoms with Crippen LogP contribution in [-0.4, -0.2) is 27.1 Å². The molecular weight excluding hydrogens is 270 g/mol. The Morgan fingerprint density at radius 3 is 2.75 bits per heavy atom. The average molecular weight is 288 g/mol. The van der Waals surface area contributed by atoms with Gasteiger partial charge >= 0.3 is 0 Å². The van der Waals surface area contributed by atoms with Crippen molar-refractivity contribution in [1.29, 1.82) is 0 Å². The topological polar surface area (TPSA) is 46.9 Å². The van der Waals surface area contributed by atoms with Crippen LogP contribution in [0.5, 0.6) is 0 Å². The van der Waals surface area contributed by atoms with Gasteiger partial charge in [0, 0.05) is 24.6 Å². The minimum Gasteiger partial charge on any atom is -0.349 e. The van der Waals surface area contributed by atoms with Gasteiger partial charge in [-0.05, 0) is 12.3 Å². The van der Waals surface area contributed by atoms with Gasteiger partial charge in [-0.25, -0.2) is 0 Å². The van der Waals surface area contributed by atoms with Gasteiger partial charge in [-0.2, -0.15) is 5.10 Å². The molecule has 0 aliphatic heterocycles. The fourth-order valence-corrected chi connectivity index (χ4v) is 1.97. The maximum absolute atomic E-state index is 11.9. The molecule has 0 radical (unpaired) electrons. The van der Waals surface area contributed by atoms with Crippen LogP contribution >= 0.6 is 15.9 Å². The first kappa shape index (κ1) is 13.2. The van der Waals surface area contributed by atoms with E-state index in [4.69, 9.17) is 0 Å². The molecule has 4 nitrogen and oxygen atoms in total.